The number of hydrogen-bond acceptors (Lipinski definition) is 5. The summed E-state index contributed by atoms with van der Waals surface area (Å²) in [4.78, 5) is 2.40. The van der Waals surface area contributed by atoms with Crippen LogP contribution in [0.3, 0.4) is 0 Å². The van der Waals surface area contributed by atoms with Gasteiger partial charge in [0.2, 0.25) is 0 Å². The first kappa shape index (κ1) is 16.1. The van der Waals surface area contributed by atoms with Crippen LogP contribution in [0.1, 0.15) is 12.0 Å². The molecule has 2 aliphatic heterocycles. The molecule has 0 radical (unpaired) electrons. The van der Waals surface area contributed by atoms with Crippen LogP contribution in [0.2, 0.25) is 0 Å². The maximum Gasteiger partial charge on any atom is 0.119 e. The average molecular weight is 322 g/mol. The highest BCUT2D eigenvalue weighted by atomic mass is 32.2. The van der Waals surface area contributed by atoms with Crippen LogP contribution in [-0.2, 0) is 11.3 Å². The third-order valence-electron chi connectivity index (χ3n) is 4.20. The topological polar surface area (TPSA) is 33.7 Å². The fraction of sp³-hybridized carbons (Fsp3) is 0.647. The van der Waals surface area contributed by atoms with Gasteiger partial charge in [-0.25, -0.2) is 0 Å². The van der Waals surface area contributed by atoms with Crippen molar-refractivity contribution >= 4 is 11.8 Å². The molecule has 2 saturated heterocycles. The van der Waals surface area contributed by atoms with Crippen molar-refractivity contribution in [1.29, 1.82) is 0 Å². The van der Waals surface area contributed by atoms with Crippen LogP contribution in [-0.4, -0.2) is 61.9 Å². The summed E-state index contributed by atoms with van der Waals surface area (Å²) < 4.78 is 11.3. The van der Waals surface area contributed by atoms with E-state index in [9.17, 15) is 0 Å². The second-order valence-electron chi connectivity index (χ2n) is 5.89. The average Bonchev–Trinajstić information content (AvgIpc) is 3.08. The Labute approximate surface area is 137 Å². The van der Waals surface area contributed by atoms with Crippen LogP contribution in [0.5, 0.6) is 5.75 Å². The van der Waals surface area contributed by atoms with Gasteiger partial charge in [0, 0.05) is 38.0 Å². The summed E-state index contributed by atoms with van der Waals surface area (Å²) in [7, 11) is 0. The second-order valence-corrected chi connectivity index (χ2v) is 7.04. The van der Waals surface area contributed by atoms with Gasteiger partial charge in [-0.3, -0.25) is 4.90 Å². The summed E-state index contributed by atoms with van der Waals surface area (Å²) in [5.74, 6) is 3.52. The molecule has 0 aliphatic carbocycles. The first-order valence-corrected chi connectivity index (χ1v) is 9.38. The number of hydrogen-bond donors (Lipinski definition) is 1. The molecule has 0 aromatic heterocycles. The first-order valence-electron chi connectivity index (χ1n) is 8.23. The molecule has 2 heterocycles. The molecular formula is C17H26N2O2S. The molecule has 0 bridgehead atoms. The lowest BCUT2D eigenvalue weighted by atomic mass is 10.2. The Morgan fingerprint density at radius 1 is 1.32 bits per heavy atom. The Kier molecular flexibility index (Phi) is 6.43. The molecule has 1 N–H and O–H groups in total. The molecule has 1 unspecified atom stereocenters. The van der Waals surface area contributed by atoms with Gasteiger partial charge in [-0.1, -0.05) is 12.1 Å². The molecule has 122 valence electrons. The van der Waals surface area contributed by atoms with Gasteiger partial charge >= 0.3 is 0 Å². The molecular weight excluding hydrogens is 296 g/mol. The third-order valence-corrected chi connectivity index (χ3v) is 5.37. The van der Waals surface area contributed by atoms with Crippen molar-refractivity contribution in [3.8, 4) is 5.75 Å². The summed E-state index contributed by atoms with van der Waals surface area (Å²) in [6.45, 7) is 6.40. The zero-order valence-corrected chi connectivity index (χ0v) is 13.9. The van der Waals surface area contributed by atoms with E-state index in [-0.39, 0.29) is 0 Å². The molecule has 0 saturated carbocycles. The van der Waals surface area contributed by atoms with Crippen molar-refractivity contribution in [2.45, 2.75) is 19.0 Å². The minimum Gasteiger partial charge on any atom is -0.492 e. The predicted molar refractivity (Wildman–Crippen MR) is 91.8 cm³/mol. The van der Waals surface area contributed by atoms with Gasteiger partial charge in [0.05, 0.1) is 13.2 Å². The van der Waals surface area contributed by atoms with Crippen molar-refractivity contribution in [1.82, 2.24) is 10.2 Å². The maximum atomic E-state index is 5.91. The lowest BCUT2D eigenvalue weighted by Crippen LogP contribution is -2.38. The van der Waals surface area contributed by atoms with E-state index in [1.54, 1.807) is 0 Å². The number of ether oxygens (including phenoxy) is 2. The molecule has 0 amide bonds. The molecule has 4 nitrogen and oxygen atoms in total. The summed E-state index contributed by atoms with van der Waals surface area (Å²) in [6, 6.07) is 9.15. The normalized spacial score (nSPS) is 22.8. The number of thioether (sulfide) groups is 1. The van der Waals surface area contributed by atoms with Crippen molar-refractivity contribution in [3.63, 3.8) is 0 Å². The number of morpholine rings is 1. The molecule has 5 heteroatoms. The monoisotopic (exact) mass is 322 g/mol. The van der Waals surface area contributed by atoms with Crippen molar-refractivity contribution in [2.24, 2.45) is 0 Å². The lowest BCUT2D eigenvalue weighted by molar-refractivity contribution is 0.0322. The van der Waals surface area contributed by atoms with Crippen molar-refractivity contribution < 1.29 is 9.47 Å². The maximum absolute atomic E-state index is 5.91. The van der Waals surface area contributed by atoms with Gasteiger partial charge < -0.3 is 14.8 Å². The van der Waals surface area contributed by atoms with Gasteiger partial charge in [0.25, 0.3) is 0 Å². The van der Waals surface area contributed by atoms with E-state index in [1.165, 1.54) is 23.5 Å². The number of nitrogens with one attached hydrogen (secondary N) is 1. The van der Waals surface area contributed by atoms with E-state index in [1.807, 2.05) is 17.8 Å². The van der Waals surface area contributed by atoms with Crippen LogP contribution in [0, 0.1) is 0 Å². The van der Waals surface area contributed by atoms with Gasteiger partial charge in [-0.15, -0.1) is 0 Å². The van der Waals surface area contributed by atoms with Crippen molar-refractivity contribution in [3.05, 3.63) is 29.8 Å². The summed E-state index contributed by atoms with van der Waals surface area (Å²) >= 11 is 2.04. The highest BCUT2D eigenvalue weighted by Gasteiger charge is 2.14. The van der Waals surface area contributed by atoms with E-state index in [2.05, 4.69) is 28.4 Å². The van der Waals surface area contributed by atoms with Crippen LogP contribution in [0.15, 0.2) is 24.3 Å². The number of rotatable bonds is 7. The second kappa shape index (κ2) is 8.77. The Hall–Kier alpha value is -0.750. The molecule has 2 fully saturated rings. The SMILES string of the molecule is c1cc(CNC2CCSC2)cc(OCCN2CCOCC2)c1. The Bertz CT molecular complexity index is 446. The zero-order chi connectivity index (χ0) is 15.0. The Balaban J connectivity index is 1.40. The standard InChI is InChI=1S/C17H26N2O2S/c1-2-15(13-18-16-4-11-22-14-16)12-17(3-1)21-10-7-19-5-8-20-9-6-19/h1-3,12,16,18H,4-11,13-14H2. The molecule has 3 rings (SSSR count). The smallest absolute Gasteiger partial charge is 0.119 e. The van der Waals surface area contributed by atoms with Crippen LogP contribution < -0.4 is 10.1 Å². The fourth-order valence-corrected chi connectivity index (χ4v) is 4.01. The van der Waals surface area contributed by atoms with Gasteiger partial charge in [0.1, 0.15) is 12.4 Å². The van der Waals surface area contributed by atoms with Crippen LogP contribution in [0.4, 0.5) is 0 Å². The summed E-state index contributed by atoms with van der Waals surface area (Å²) in [5.41, 5.74) is 1.31. The van der Waals surface area contributed by atoms with E-state index in [0.717, 1.165) is 51.7 Å². The van der Waals surface area contributed by atoms with E-state index in [4.69, 9.17) is 9.47 Å². The highest BCUT2D eigenvalue weighted by Crippen LogP contribution is 2.18. The minimum absolute atomic E-state index is 0.677. The zero-order valence-electron chi connectivity index (χ0n) is 13.1. The van der Waals surface area contributed by atoms with Crippen LogP contribution in [0.25, 0.3) is 0 Å². The number of nitrogens with zero attached hydrogens (tertiary/aromatic N) is 1. The molecule has 1 aromatic carbocycles. The molecule has 2 aliphatic rings. The third kappa shape index (κ3) is 5.16. The first-order chi connectivity index (χ1) is 10.9. The fourth-order valence-electron chi connectivity index (χ4n) is 2.82. The minimum atomic E-state index is 0.677. The summed E-state index contributed by atoms with van der Waals surface area (Å²) in [6.07, 6.45) is 1.29. The quantitative estimate of drug-likeness (QED) is 0.830. The Morgan fingerprint density at radius 3 is 3.05 bits per heavy atom. The molecule has 1 aromatic rings. The van der Waals surface area contributed by atoms with E-state index < -0.39 is 0 Å². The van der Waals surface area contributed by atoms with E-state index >= 15 is 0 Å². The lowest BCUT2D eigenvalue weighted by Gasteiger charge is -2.26. The molecule has 1 atom stereocenters. The summed E-state index contributed by atoms with van der Waals surface area (Å²) in [5, 5.41) is 3.63. The Morgan fingerprint density at radius 2 is 2.23 bits per heavy atom. The van der Waals surface area contributed by atoms with Gasteiger partial charge in [0.15, 0.2) is 0 Å². The number of benzene rings is 1. The van der Waals surface area contributed by atoms with Gasteiger partial charge in [-0.05, 0) is 29.9 Å². The van der Waals surface area contributed by atoms with E-state index in [0.29, 0.717) is 6.04 Å². The predicted octanol–water partition coefficient (Wildman–Crippen LogP) is 1.99. The molecule has 0 spiro atoms. The van der Waals surface area contributed by atoms with Crippen molar-refractivity contribution in [2.75, 3.05) is 51.0 Å². The van der Waals surface area contributed by atoms with Gasteiger partial charge in [-0.2, -0.15) is 11.8 Å². The largest absolute Gasteiger partial charge is 0.492 e. The van der Waals surface area contributed by atoms with Crippen LogP contribution >= 0.6 is 11.8 Å². The molecule has 22 heavy (non-hydrogen) atoms. The highest BCUT2D eigenvalue weighted by molar-refractivity contribution is 7.99.